The standard InChI is InChI=1S/C17H29NO2/c1-5-7-8-14(6-2)12-20-17-10-15(11-19)9-16(18-17)13(3)4/h9-10,13-14,19H,5-8,11-12H2,1-4H3. The average molecular weight is 279 g/mol. The second-order valence-electron chi connectivity index (χ2n) is 5.78. The quantitative estimate of drug-likeness (QED) is 0.733. The van der Waals surface area contributed by atoms with Crippen molar-refractivity contribution < 1.29 is 9.84 Å². The van der Waals surface area contributed by atoms with E-state index < -0.39 is 0 Å². The lowest BCUT2D eigenvalue weighted by atomic mass is 10.0. The molecule has 1 heterocycles. The minimum absolute atomic E-state index is 0.0334. The zero-order valence-electron chi connectivity index (χ0n) is 13.4. The van der Waals surface area contributed by atoms with Gasteiger partial charge in [0.25, 0.3) is 0 Å². The van der Waals surface area contributed by atoms with E-state index in [1.54, 1.807) is 0 Å². The lowest BCUT2D eigenvalue weighted by Crippen LogP contribution is -2.12. The van der Waals surface area contributed by atoms with Crippen LogP contribution in [0.2, 0.25) is 0 Å². The van der Waals surface area contributed by atoms with Crippen molar-refractivity contribution >= 4 is 0 Å². The fourth-order valence-electron chi connectivity index (χ4n) is 2.14. The van der Waals surface area contributed by atoms with E-state index in [1.807, 2.05) is 12.1 Å². The molecule has 1 atom stereocenters. The molecule has 20 heavy (non-hydrogen) atoms. The van der Waals surface area contributed by atoms with Crippen molar-refractivity contribution in [3.05, 3.63) is 23.4 Å². The van der Waals surface area contributed by atoms with Gasteiger partial charge < -0.3 is 9.84 Å². The Kier molecular flexibility index (Phi) is 7.60. The van der Waals surface area contributed by atoms with Gasteiger partial charge in [-0.3, -0.25) is 0 Å². The van der Waals surface area contributed by atoms with Gasteiger partial charge in [0.05, 0.1) is 13.2 Å². The summed E-state index contributed by atoms with van der Waals surface area (Å²) in [5.41, 5.74) is 1.86. The molecule has 0 aliphatic carbocycles. The molecule has 0 radical (unpaired) electrons. The summed E-state index contributed by atoms with van der Waals surface area (Å²) in [6.07, 6.45) is 4.83. The summed E-state index contributed by atoms with van der Waals surface area (Å²) in [6.45, 7) is 9.38. The van der Waals surface area contributed by atoms with Crippen molar-refractivity contribution in [2.75, 3.05) is 6.61 Å². The second kappa shape index (κ2) is 8.96. The molecule has 1 N–H and O–H groups in total. The molecule has 1 unspecified atom stereocenters. The van der Waals surface area contributed by atoms with Crippen LogP contribution in [0.5, 0.6) is 5.88 Å². The number of nitrogens with zero attached hydrogens (tertiary/aromatic N) is 1. The fourth-order valence-corrected chi connectivity index (χ4v) is 2.14. The normalized spacial score (nSPS) is 12.7. The molecule has 1 aromatic rings. The summed E-state index contributed by atoms with van der Waals surface area (Å²) >= 11 is 0. The van der Waals surface area contributed by atoms with Gasteiger partial charge in [0.15, 0.2) is 0 Å². The number of pyridine rings is 1. The lowest BCUT2D eigenvalue weighted by molar-refractivity contribution is 0.223. The van der Waals surface area contributed by atoms with Crippen LogP contribution in [-0.2, 0) is 6.61 Å². The summed E-state index contributed by atoms with van der Waals surface area (Å²) in [4.78, 5) is 4.53. The number of unbranched alkanes of at least 4 members (excludes halogenated alkanes) is 1. The second-order valence-corrected chi connectivity index (χ2v) is 5.78. The highest BCUT2D eigenvalue weighted by atomic mass is 16.5. The third kappa shape index (κ3) is 5.49. The molecule has 3 nitrogen and oxygen atoms in total. The van der Waals surface area contributed by atoms with Crippen LogP contribution in [0.25, 0.3) is 0 Å². The average Bonchev–Trinajstić information content (AvgIpc) is 2.47. The minimum atomic E-state index is 0.0334. The Hall–Kier alpha value is -1.09. The van der Waals surface area contributed by atoms with Gasteiger partial charge in [-0.1, -0.05) is 47.0 Å². The van der Waals surface area contributed by atoms with Crippen LogP contribution < -0.4 is 4.74 Å². The number of aromatic nitrogens is 1. The van der Waals surface area contributed by atoms with Crippen LogP contribution in [0.4, 0.5) is 0 Å². The van der Waals surface area contributed by atoms with E-state index >= 15 is 0 Å². The van der Waals surface area contributed by atoms with Crippen molar-refractivity contribution in [3.8, 4) is 5.88 Å². The molecule has 0 saturated heterocycles. The fraction of sp³-hybridized carbons (Fsp3) is 0.706. The third-order valence-corrected chi connectivity index (χ3v) is 3.67. The van der Waals surface area contributed by atoms with Gasteiger partial charge in [0, 0.05) is 11.8 Å². The Morgan fingerprint density at radius 1 is 1.25 bits per heavy atom. The van der Waals surface area contributed by atoms with Gasteiger partial charge >= 0.3 is 0 Å². The Balaban J connectivity index is 2.68. The maximum Gasteiger partial charge on any atom is 0.213 e. The summed E-state index contributed by atoms with van der Waals surface area (Å²) in [7, 11) is 0. The first-order valence-electron chi connectivity index (χ1n) is 7.85. The Morgan fingerprint density at radius 2 is 2.00 bits per heavy atom. The Morgan fingerprint density at radius 3 is 2.55 bits per heavy atom. The molecular formula is C17H29NO2. The van der Waals surface area contributed by atoms with Crippen molar-refractivity contribution in [1.82, 2.24) is 4.98 Å². The van der Waals surface area contributed by atoms with Gasteiger partial charge in [-0.05, 0) is 29.9 Å². The van der Waals surface area contributed by atoms with E-state index in [9.17, 15) is 5.11 Å². The Labute approximate surface area is 123 Å². The van der Waals surface area contributed by atoms with Crippen LogP contribution in [0.1, 0.15) is 70.6 Å². The highest BCUT2D eigenvalue weighted by molar-refractivity contribution is 5.26. The third-order valence-electron chi connectivity index (χ3n) is 3.67. The highest BCUT2D eigenvalue weighted by Gasteiger charge is 2.10. The summed E-state index contributed by atoms with van der Waals surface area (Å²) in [5, 5.41) is 9.32. The predicted octanol–water partition coefficient (Wildman–Crippen LogP) is 4.29. The van der Waals surface area contributed by atoms with Crippen LogP contribution in [-0.4, -0.2) is 16.7 Å². The van der Waals surface area contributed by atoms with Crippen LogP contribution in [0.3, 0.4) is 0 Å². The lowest BCUT2D eigenvalue weighted by Gasteiger charge is -2.16. The van der Waals surface area contributed by atoms with Gasteiger partial charge in [-0.25, -0.2) is 4.98 Å². The van der Waals surface area contributed by atoms with E-state index in [1.165, 1.54) is 19.3 Å². The molecule has 0 aliphatic rings. The molecule has 0 aliphatic heterocycles. The molecule has 0 bridgehead atoms. The van der Waals surface area contributed by atoms with Crippen molar-refractivity contribution in [3.63, 3.8) is 0 Å². The predicted molar refractivity (Wildman–Crippen MR) is 83.0 cm³/mol. The maximum atomic E-state index is 9.32. The van der Waals surface area contributed by atoms with Crippen molar-refractivity contribution in [2.24, 2.45) is 5.92 Å². The molecule has 0 fully saturated rings. The maximum absolute atomic E-state index is 9.32. The first-order valence-corrected chi connectivity index (χ1v) is 7.85. The SMILES string of the molecule is CCCCC(CC)COc1cc(CO)cc(C(C)C)n1. The zero-order valence-corrected chi connectivity index (χ0v) is 13.4. The van der Waals surface area contributed by atoms with Gasteiger partial charge in [-0.2, -0.15) is 0 Å². The summed E-state index contributed by atoms with van der Waals surface area (Å²) in [6, 6.07) is 3.80. The van der Waals surface area contributed by atoms with Crippen molar-refractivity contribution in [1.29, 1.82) is 0 Å². The largest absolute Gasteiger partial charge is 0.477 e. The molecule has 0 aromatic carbocycles. The number of rotatable bonds is 9. The first-order chi connectivity index (χ1) is 9.60. The summed E-state index contributed by atoms with van der Waals surface area (Å²) < 4.78 is 5.87. The number of hydrogen-bond acceptors (Lipinski definition) is 3. The summed E-state index contributed by atoms with van der Waals surface area (Å²) in [5.74, 6) is 1.58. The van der Waals surface area contributed by atoms with E-state index in [2.05, 4.69) is 32.7 Å². The van der Waals surface area contributed by atoms with Crippen LogP contribution in [0, 0.1) is 5.92 Å². The van der Waals surface area contributed by atoms with Crippen LogP contribution >= 0.6 is 0 Å². The molecule has 114 valence electrons. The zero-order chi connectivity index (χ0) is 15.0. The topological polar surface area (TPSA) is 42.4 Å². The smallest absolute Gasteiger partial charge is 0.213 e. The number of aliphatic hydroxyl groups is 1. The van der Waals surface area contributed by atoms with Gasteiger partial charge in [0.2, 0.25) is 5.88 Å². The molecule has 3 heteroatoms. The highest BCUT2D eigenvalue weighted by Crippen LogP contribution is 2.21. The van der Waals surface area contributed by atoms with E-state index in [4.69, 9.17) is 4.74 Å². The number of hydrogen-bond donors (Lipinski definition) is 1. The first kappa shape index (κ1) is 17.0. The number of ether oxygens (including phenoxy) is 1. The Bertz CT molecular complexity index is 391. The molecule has 0 saturated carbocycles. The van der Waals surface area contributed by atoms with E-state index in [0.29, 0.717) is 17.7 Å². The molecule has 1 rings (SSSR count). The number of aliphatic hydroxyl groups excluding tert-OH is 1. The van der Waals surface area contributed by atoms with E-state index in [-0.39, 0.29) is 6.61 Å². The monoisotopic (exact) mass is 279 g/mol. The molecule has 0 spiro atoms. The minimum Gasteiger partial charge on any atom is -0.477 e. The van der Waals surface area contributed by atoms with E-state index in [0.717, 1.165) is 24.3 Å². The molecule has 0 amide bonds. The molecular weight excluding hydrogens is 250 g/mol. The van der Waals surface area contributed by atoms with Gasteiger partial charge in [0.1, 0.15) is 0 Å². The van der Waals surface area contributed by atoms with Gasteiger partial charge in [-0.15, -0.1) is 0 Å². The van der Waals surface area contributed by atoms with Crippen molar-refractivity contribution in [2.45, 2.75) is 65.9 Å². The van der Waals surface area contributed by atoms with Crippen LogP contribution in [0.15, 0.2) is 12.1 Å². The molecule has 1 aromatic heterocycles.